The Hall–Kier alpha value is -1.59. The fourth-order valence-corrected chi connectivity index (χ4v) is 1.79. The average molecular weight is 199 g/mol. The van der Waals surface area contributed by atoms with Crippen molar-refractivity contribution >= 4 is 11.3 Å². The van der Waals surface area contributed by atoms with Crippen molar-refractivity contribution in [2.24, 2.45) is 0 Å². The zero-order valence-electron chi connectivity index (χ0n) is 7.82. The number of hydrogen-bond donors (Lipinski definition) is 0. The smallest absolute Gasteiger partial charge is 0.0775 e. The number of nitrogens with zero attached hydrogens (tertiary/aromatic N) is 1. The van der Waals surface area contributed by atoms with E-state index >= 15 is 0 Å². The SMILES string of the molecule is Cc1ccc(C#Cc2cccnc2)s1. The predicted octanol–water partition coefficient (Wildman–Crippen LogP) is 2.85. The third kappa shape index (κ3) is 2.21. The minimum atomic E-state index is 0.957. The normalized spacial score (nSPS) is 9.21. The molecule has 0 unspecified atom stereocenters. The Morgan fingerprint density at radius 1 is 1.21 bits per heavy atom. The Balaban J connectivity index is 2.23. The molecule has 0 aromatic carbocycles. The molecule has 2 rings (SSSR count). The summed E-state index contributed by atoms with van der Waals surface area (Å²) >= 11 is 1.71. The van der Waals surface area contributed by atoms with Gasteiger partial charge in [0.1, 0.15) is 0 Å². The van der Waals surface area contributed by atoms with Gasteiger partial charge in [0.25, 0.3) is 0 Å². The maximum absolute atomic E-state index is 4.00. The molecule has 2 aromatic rings. The molecule has 0 aliphatic carbocycles. The summed E-state index contributed by atoms with van der Waals surface area (Å²) in [7, 11) is 0. The second-order valence-electron chi connectivity index (χ2n) is 2.90. The molecule has 0 bridgehead atoms. The lowest BCUT2D eigenvalue weighted by Crippen LogP contribution is -1.74. The molecule has 2 aromatic heterocycles. The topological polar surface area (TPSA) is 12.9 Å². The molecule has 0 N–H and O–H groups in total. The van der Waals surface area contributed by atoms with E-state index in [1.54, 1.807) is 23.7 Å². The molecule has 0 saturated carbocycles. The Morgan fingerprint density at radius 2 is 2.14 bits per heavy atom. The first kappa shape index (κ1) is 8.98. The number of rotatable bonds is 0. The number of pyridine rings is 1. The minimum absolute atomic E-state index is 0.957. The van der Waals surface area contributed by atoms with Crippen LogP contribution in [0.2, 0.25) is 0 Å². The van der Waals surface area contributed by atoms with Gasteiger partial charge in [-0.15, -0.1) is 11.3 Å². The first-order chi connectivity index (χ1) is 6.84. The fraction of sp³-hybridized carbons (Fsp3) is 0.0833. The van der Waals surface area contributed by atoms with Gasteiger partial charge in [0.2, 0.25) is 0 Å². The summed E-state index contributed by atoms with van der Waals surface area (Å²) in [6.07, 6.45) is 3.52. The summed E-state index contributed by atoms with van der Waals surface area (Å²) in [5.41, 5.74) is 0.957. The van der Waals surface area contributed by atoms with Crippen molar-refractivity contribution in [1.82, 2.24) is 4.98 Å². The molecular weight excluding hydrogens is 190 g/mol. The van der Waals surface area contributed by atoms with Crippen LogP contribution in [0.1, 0.15) is 15.3 Å². The molecule has 2 heteroatoms. The molecule has 0 atom stereocenters. The van der Waals surface area contributed by atoms with Crippen LogP contribution in [0.5, 0.6) is 0 Å². The van der Waals surface area contributed by atoms with Gasteiger partial charge in [-0.3, -0.25) is 4.98 Å². The molecule has 0 radical (unpaired) electrons. The Bertz CT molecular complexity index is 474. The van der Waals surface area contributed by atoms with Gasteiger partial charge in [-0.1, -0.05) is 11.8 Å². The molecule has 2 heterocycles. The van der Waals surface area contributed by atoms with Crippen molar-refractivity contribution in [1.29, 1.82) is 0 Å². The van der Waals surface area contributed by atoms with E-state index in [0.29, 0.717) is 0 Å². The van der Waals surface area contributed by atoms with Crippen LogP contribution in [-0.2, 0) is 0 Å². The summed E-state index contributed by atoms with van der Waals surface area (Å²) in [5, 5.41) is 0. The molecule has 0 spiro atoms. The van der Waals surface area contributed by atoms with E-state index < -0.39 is 0 Å². The summed E-state index contributed by atoms with van der Waals surface area (Å²) in [6, 6.07) is 7.98. The lowest BCUT2D eigenvalue weighted by molar-refractivity contribution is 1.31. The predicted molar refractivity (Wildman–Crippen MR) is 59.3 cm³/mol. The standard InChI is InChI=1S/C12H9NS/c1-10-4-6-12(14-10)7-5-11-3-2-8-13-9-11/h2-4,6,8-9H,1H3. The minimum Gasteiger partial charge on any atom is -0.263 e. The van der Waals surface area contributed by atoms with E-state index in [9.17, 15) is 0 Å². The van der Waals surface area contributed by atoms with Gasteiger partial charge in [0.05, 0.1) is 4.88 Å². The van der Waals surface area contributed by atoms with E-state index in [2.05, 4.69) is 29.8 Å². The summed E-state index contributed by atoms with van der Waals surface area (Å²) in [4.78, 5) is 6.40. The zero-order valence-corrected chi connectivity index (χ0v) is 8.64. The highest BCUT2D eigenvalue weighted by Gasteiger charge is 1.90. The van der Waals surface area contributed by atoms with Gasteiger partial charge in [0, 0.05) is 22.8 Å². The van der Waals surface area contributed by atoms with E-state index in [0.717, 1.165) is 10.4 Å². The molecule has 1 nitrogen and oxygen atoms in total. The van der Waals surface area contributed by atoms with Gasteiger partial charge < -0.3 is 0 Å². The molecule has 0 aliphatic rings. The molecule has 14 heavy (non-hydrogen) atoms. The molecular formula is C12H9NS. The lowest BCUT2D eigenvalue weighted by Gasteiger charge is -1.84. The lowest BCUT2D eigenvalue weighted by atomic mass is 10.3. The maximum atomic E-state index is 4.00. The van der Waals surface area contributed by atoms with Crippen LogP contribution in [0.3, 0.4) is 0 Å². The number of aromatic nitrogens is 1. The van der Waals surface area contributed by atoms with Crippen molar-refractivity contribution in [3.8, 4) is 11.8 Å². The summed E-state index contributed by atoms with van der Waals surface area (Å²) < 4.78 is 0. The molecule has 0 fully saturated rings. The van der Waals surface area contributed by atoms with Gasteiger partial charge in [-0.25, -0.2) is 0 Å². The van der Waals surface area contributed by atoms with E-state index in [1.807, 2.05) is 18.2 Å². The monoisotopic (exact) mass is 199 g/mol. The van der Waals surface area contributed by atoms with Crippen LogP contribution in [0.25, 0.3) is 0 Å². The number of thiophene rings is 1. The molecule has 0 saturated heterocycles. The third-order valence-corrected chi connectivity index (χ3v) is 2.65. The summed E-state index contributed by atoms with van der Waals surface area (Å²) in [6.45, 7) is 2.08. The first-order valence-corrected chi connectivity index (χ1v) is 5.15. The van der Waals surface area contributed by atoms with Crippen molar-refractivity contribution in [3.63, 3.8) is 0 Å². The first-order valence-electron chi connectivity index (χ1n) is 4.33. The van der Waals surface area contributed by atoms with Crippen LogP contribution in [0.4, 0.5) is 0 Å². The third-order valence-electron chi connectivity index (χ3n) is 1.73. The Kier molecular flexibility index (Phi) is 2.62. The van der Waals surface area contributed by atoms with Crippen molar-refractivity contribution < 1.29 is 0 Å². The zero-order chi connectivity index (χ0) is 9.80. The Labute approximate surface area is 87.4 Å². The summed E-state index contributed by atoms with van der Waals surface area (Å²) in [5.74, 6) is 6.18. The van der Waals surface area contributed by atoms with Crippen LogP contribution in [0.15, 0.2) is 36.7 Å². The van der Waals surface area contributed by atoms with Crippen molar-refractivity contribution in [2.75, 3.05) is 0 Å². The van der Waals surface area contributed by atoms with Gasteiger partial charge in [-0.2, -0.15) is 0 Å². The van der Waals surface area contributed by atoms with Crippen LogP contribution >= 0.6 is 11.3 Å². The fourth-order valence-electron chi connectivity index (χ4n) is 1.07. The highest BCUT2D eigenvalue weighted by molar-refractivity contribution is 7.12. The van der Waals surface area contributed by atoms with Gasteiger partial charge in [0.15, 0.2) is 0 Å². The van der Waals surface area contributed by atoms with E-state index in [1.165, 1.54) is 4.88 Å². The van der Waals surface area contributed by atoms with Crippen LogP contribution < -0.4 is 0 Å². The largest absolute Gasteiger partial charge is 0.263 e. The number of aryl methyl sites for hydroxylation is 1. The Morgan fingerprint density at radius 3 is 2.79 bits per heavy atom. The van der Waals surface area contributed by atoms with Crippen molar-refractivity contribution in [3.05, 3.63) is 52.0 Å². The van der Waals surface area contributed by atoms with Gasteiger partial charge in [-0.05, 0) is 31.2 Å². The van der Waals surface area contributed by atoms with Crippen LogP contribution in [-0.4, -0.2) is 4.98 Å². The number of hydrogen-bond acceptors (Lipinski definition) is 2. The van der Waals surface area contributed by atoms with Crippen LogP contribution in [0, 0.1) is 18.8 Å². The van der Waals surface area contributed by atoms with Gasteiger partial charge >= 0.3 is 0 Å². The second-order valence-corrected chi connectivity index (χ2v) is 4.19. The van der Waals surface area contributed by atoms with Crippen molar-refractivity contribution in [2.45, 2.75) is 6.92 Å². The molecule has 0 amide bonds. The highest BCUT2D eigenvalue weighted by atomic mass is 32.1. The second kappa shape index (κ2) is 4.08. The molecule has 0 aliphatic heterocycles. The van der Waals surface area contributed by atoms with E-state index in [-0.39, 0.29) is 0 Å². The molecule has 68 valence electrons. The highest BCUT2D eigenvalue weighted by Crippen LogP contribution is 2.13. The quantitative estimate of drug-likeness (QED) is 0.594. The average Bonchev–Trinajstić information content (AvgIpc) is 2.63. The maximum Gasteiger partial charge on any atom is 0.0775 e. The van der Waals surface area contributed by atoms with E-state index in [4.69, 9.17) is 0 Å².